The molecule has 0 fully saturated rings. The van der Waals surface area contributed by atoms with Crippen molar-refractivity contribution in [3.8, 4) is 0 Å². The number of hydrogen-bond acceptors (Lipinski definition) is 2. The van der Waals surface area contributed by atoms with Crippen LogP contribution in [0.2, 0.25) is 5.02 Å². The van der Waals surface area contributed by atoms with E-state index < -0.39 is 0 Å². The second-order valence-electron chi connectivity index (χ2n) is 4.76. The summed E-state index contributed by atoms with van der Waals surface area (Å²) in [5.41, 5.74) is 1.24. The first kappa shape index (κ1) is 15.2. The average molecular weight is 304 g/mol. The maximum absolute atomic E-state index is 6.06. The van der Waals surface area contributed by atoms with Gasteiger partial charge < -0.3 is 4.90 Å². The Balaban J connectivity index is 2.25. The van der Waals surface area contributed by atoms with Crippen LogP contribution < -0.4 is 0 Å². The molecule has 0 aliphatic heterocycles. The summed E-state index contributed by atoms with van der Waals surface area (Å²) in [6.07, 6.45) is 2.25. The predicted molar refractivity (Wildman–Crippen MR) is 90.3 cm³/mol. The van der Waals surface area contributed by atoms with Crippen LogP contribution in [0.3, 0.4) is 0 Å². The van der Waals surface area contributed by atoms with Crippen LogP contribution in [0.4, 0.5) is 0 Å². The molecule has 3 heteroatoms. The highest BCUT2D eigenvalue weighted by Crippen LogP contribution is 2.35. The molecule has 0 aromatic heterocycles. The van der Waals surface area contributed by atoms with Crippen LogP contribution in [0.5, 0.6) is 0 Å². The van der Waals surface area contributed by atoms with E-state index in [4.69, 9.17) is 11.6 Å². The molecule has 2 aromatic rings. The molecule has 0 unspecified atom stereocenters. The van der Waals surface area contributed by atoms with Crippen LogP contribution in [0.25, 0.3) is 4.91 Å². The van der Waals surface area contributed by atoms with Crippen LogP contribution in [0.1, 0.15) is 5.56 Å². The van der Waals surface area contributed by atoms with Gasteiger partial charge in [-0.15, -0.1) is 0 Å². The normalized spacial score (nSPS) is 11.9. The van der Waals surface area contributed by atoms with E-state index in [0.29, 0.717) is 0 Å². The minimum atomic E-state index is 0.773. The smallest absolute Gasteiger partial charge is 0.0417 e. The molecule has 2 aromatic carbocycles. The van der Waals surface area contributed by atoms with Gasteiger partial charge in [-0.25, -0.2) is 0 Å². The van der Waals surface area contributed by atoms with Gasteiger partial charge in [0.1, 0.15) is 0 Å². The quantitative estimate of drug-likeness (QED) is 0.712. The van der Waals surface area contributed by atoms with E-state index in [-0.39, 0.29) is 0 Å². The third-order valence-electron chi connectivity index (χ3n) is 2.72. The molecule has 0 atom stereocenters. The average Bonchev–Trinajstić information content (AvgIpc) is 2.44. The van der Waals surface area contributed by atoms with Crippen molar-refractivity contribution in [2.75, 3.05) is 20.6 Å². The number of hydrogen-bond donors (Lipinski definition) is 0. The minimum Gasteiger partial charge on any atom is -0.306 e. The van der Waals surface area contributed by atoms with Gasteiger partial charge in [-0.1, -0.05) is 65.8 Å². The van der Waals surface area contributed by atoms with Gasteiger partial charge in [0.2, 0.25) is 0 Å². The lowest BCUT2D eigenvalue weighted by molar-refractivity contribution is 0.457. The first-order chi connectivity index (χ1) is 9.65. The SMILES string of the molecule is CN(C)CC=C(Sc1cccc(Cl)c1)c1ccccc1. The van der Waals surface area contributed by atoms with Crippen LogP contribution in [0, 0.1) is 0 Å². The Morgan fingerprint density at radius 3 is 2.50 bits per heavy atom. The molecular formula is C17H18ClNS. The molecule has 0 heterocycles. The van der Waals surface area contributed by atoms with Crippen molar-refractivity contribution < 1.29 is 0 Å². The van der Waals surface area contributed by atoms with Gasteiger partial charge in [0.15, 0.2) is 0 Å². The van der Waals surface area contributed by atoms with E-state index in [2.05, 4.69) is 55.4 Å². The highest BCUT2D eigenvalue weighted by Gasteiger charge is 2.04. The molecule has 0 saturated heterocycles. The molecule has 0 aliphatic carbocycles. The van der Waals surface area contributed by atoms with E-state index in [1.807, 2.05) is 24.3 Å². The first-order valence-corrected chi connectivity index (χ1v) is 7.68. The highest BCUT2D eigenvalue weighted by atomic mass is 35.5. The van der Waals surface area contributed by atoms with Crippen LogP contribution in [-0.4, -0.2) is 25.5 Å². The fraction of sp³-hybridized carbons (Fsp3) is 0.176. The van der Waals surface area contributed by atoms with Crippen molar-refractivity contribution in [2.24, 2.45) is 0 Å². The predicted octanol–water partition coefficient (Wildman–Crippen LogP) is 5.03. The molecule has 2 rings (SSSR count). The van der Waals surface area contributed by atoms with Gasteiger partial charge in [0.25, 0.3) is 0 Å². The van der Waals surface area contributed by atoms with Gasteiger partial charge in [-0.05, 0) is 37.9 Å². The van der Waals surface area contributed by atoms with Crippen molar-refractivity contribution in [3.05, 3.63) is 71.3 Å². The molecular weight excluding hydrogens is 286 g/mol. The Morgan fingerprint density at radius 1 is 1.10 bits per heavy atom. The maximum atomic E-state index is 6.06. The Bertz CT molecular complexity index is 579. The van der Waals surface area contributed by atoms with Crippen molar-refractivity contribution in [1.29, 1.82) is 0 Å². The van der Waals surface area contributed by atoms with E-state index in [1.165, 1.54) is 10.5 Å². The monoisotopic (exact) mass is 303 g/mol. The molecule has 1 nitrogen and oxygen atoms in total. The summed E-state index contributed by atoms with van der Waals surface area (Å²) in [5, 5.41) is 0.773. The molecule has 0 radical (unpaired) electrons. The lowest BCUT2D eigenvalue weighted by atomic mass is 10.2. The molecule has 0 N–H and O–H groups in total. The summed E-state index contributed by atoms with van der Waals surface area (Å²) >= 11 is 7.81. The fourth-order valence-electron chi connectivity index (χ4n) is 1.74. The summed E-state index contributed by atoms with van der Waals surface area (Å²) in [5.74, 6) is 0. The van der Waals surface area contributed by atoms with E-state index in [1.54, 1.807) is 11.8 Å². The van der Waals surface area contributed by atoms with Gasteiger partial charge in [-0.3, -0.25) is 0 Å². The number of thioether (sulfide) groups is 1. The third kappa shape index (κ3) is 4.71. The lowest BCUT2D eigenvalue weighted by Crippen LogP contribution is -2.10. The molecule has 0 amide bonds. The summed E-state index contributed by atoms with van der Waals surface area (Å²) in [6, 6.07) is 18.4. The fourth-order valence-corrected chi connectivity index (χ4v) is 3.00. The van der Waals surface area contributed by atoms with Gasteiger partial charge in [0, 0.05) is 21.4 Å². The maximum Gasteiger partial charge on any atom is 0.0417 e. The second kappa shape index (κ2) is 7.53. The number of likely N-dealkylation sites (N-methyl/N-ethyl adjacent to an activating group) is 1. The van der Waals surface area contributed by atoms with Crippen molar-refractivity contribution >= 4 is 28.3 Å². The summed E-state index contributed by atoms with van der Waals surface area (Å²) < 4.78 is 0. The standard InChI is InChI=1S/C17H18ClNS/c1-19(2)12-11-17(14-7-4-3-5-8-14)20-16-10-6-9-15(18)13-16/h3-11,13H,12H2,1-2H3. The Labute approximate surface area is 130 Å². The zero-order valence-corrected chi connectivity index (χ0v) is 13.3. The van der Waals surface area contributed by atoms with Crippen molar-refractivity contribution in [3.63, 3.8) is 0 Å². The number of nitrogens with zero attached hydrogens (tertiary/aromatic N) is 1. The van der Waals surface area contributed by atoms with Gasteiger partial charge in [0.05, 0.1) is 0 Å². The summed E-state index contributed by atoms with van der Waals surface area (Å²) in [4.78, 5) is 4.56. The number of benzene rings is 2. The topological polar surface area (TPSA) is 3.24 Å². The van der Waals surface area contributed by atoms with Crippen molar-refractivity contribution in [1.82, 2.24) is 4.90 Å². The van der Waals surface area contributed by atoms with Gasteiger partial charge >= 0.3 is 0 Å². The van der Waals surface area contributed by atoms with Crippen LogP contribution in [-0.2, 0) is 0 Å². The van der Waals surface area contributed by atoms with E-state index >= 15 is 0 Å². The zero-order chi connectivity index (χ0) is 14.4. The lowest BCUT2D eigenvalue weighted by Gasteiger charge is -2.11. The zero-order valence-electron chi connectivity index (χ0n) is 11.7. The highest BCUT2D eigenvalue weighted by molar-refractivity contribution is 8.08. The van der Waals surface area contributed by atoms with Gasteiger partial charge in [-0.2, -0.15) is 0 Å². The first-order valence-electron chi connectivity index (χ1n) is 6.49. The Kier molecular flexibility index (Phi) is 5.72. The van der Waals surface area contributed by atoms with E-state index in [9.17, 15) is 0 Å². The molecule has 104 valence electrons. The largest absolute Gasteiger partial charge is 0.306 e. The summed E-state index contributed by atoms with van der Waals surface area (Å²) in [7, 11) is 4.15. The molecule has 20 heavy (non-hydrogen) atoms. The van der Waals surface area contributed by atoms with Crippen LogP contribution in [0.15, 0.2) is 65.6 Å². The van der Waals surface area contributed by atoms with E-state index in [0.717, 1.165) is 16.5 Å². The Morgan fingerprint density at radius 2 is 1.85 bits per heavy atom. The Hall–Kier alpha value is -1.22. The minimum absolute atomic E-state index is 0.773. The second-order valence-corrected chi connectivity index (χ2v) is 6.31. The summed E-state index contributed by atoms with van der Waals surface area (Å²) in [6.45, 7) is 0.914. The molecule has 0 spiro atoms. The number of rotatable bonds is 5. The van der Waals surface area contributed by atoms with Crippen LogP contribution >= 0.6 is 23.4 Å². The third-order valence-corrected chi connectivity index (χ3v) is 4.07. The number of halogens is 1. The van der Waals surface area contributed by atoms with Crippen molar-refractivity contribution in [2.45, 2.75) is 4.90 Å². The molecule has 0 saturated carbocycles. The molecule has 0 bridgehead atoms. The molecule has 0 aliphatic rings.